The summed E-state index contributed by atoms with van der Waals surface area (Å²) in [4.78, 5) is 18.2. The molecule has 0 saturated heterocycles. The van der Waals surface area contributed by atoms with E-state index >= 15 is 0 Å². The first-order valence-corrected chi connectivity index (χ1v) is 7.45. The second kappa shape index (κ2) is 7.67. The number of pyridine rings is 1. The van der Waals surface area contributed by atoms with E-state index in [-0.39, 0.29) is 5.69 Å². The van der Waals surface area contributed by atoms with Gasteiger partial charge in [0.15, 0.2) is 0 Å². The van der Waals surface area contributed by atoms with Gasteiger partial charge in [-0.25, -0.2) is 13.8 Å². The maximum absolute atomic E-state index is 13.5. The normalized spacial score (nSPS) is 10.4. The predicted molar refractivity (Wildman–Crippen MR) is 86.7 cm³/mol. The number of anilines is 2. The Kier molecular flexibility index (Phi) is 5.62. The van der Waals surface area contributed by atoms with E-state index in [1.54, 1.807) is 12.3 Å². The van der Waals surface area contributed by atoms with E-state index in [2.05, 4.69) is 17.2 Å². The first kappa shape index (κ1) is 16.9. The monoisotopic (exact) mass is 319 g/mol. The minimum atomic E-state index is -0.825. The number of nitrogens with zero attached hydrogens (tertiary/aromatic N) is 2. The van der Waals surface area contributed by atoms with E-state index in [9.17, 15) is 13.6 Å². The van der Waals surface area contributed by atoms with Gasteiger partial charge in [-0.15, -0.1) is 0 Å². The van der Waals surface area contributed by atoms with Crippen molar-refractivity contribution < 1.29 is 13.6 Å². The zero-order valence-electron chi connectivity index (χ0n) is 13.1. The zero-order chi connectivity index (χ0) is 16.8. The lowest BCUT2D eigenvalue weighted by molar-refractivity contribution is 0.102. The van der Waals surface area contributed by atoms with E-state index in [4.69, 9.17) is 0 Å². The summed E-state index contributed by atoms with van der Waals surface area (Å²) >= 11 is 0. The Morgan fingerprint density at radius 2 is 1.91 bits per heavy atom. The third kappa shape index (κ3) is 4.25. The number of benzene rings is 1. The lowest BCUT2D eigenvalue weighted by Crippen LogP contribution is -2.19. The van der Waals surface area contributed by atoms with Gasteiger partial charge in [-0.2, -0.15) is 0 Å². The van der Waals surface area contributed by atoms with Crippen LogP contribution < -0.4 is 10.2 Å². The number of aromatic nitrogens is 1. The molecule has 122 valence electrons. The van der Waals surface area contributed by atoms with Crippen molar-refractivity contribution >= 4 is 17.3 Å². The van der Waals surface area contributed by atoms with Crippen molar-refractivity contribution in [2.75, 3.05) is 23.8 Å². The minimum Gasteiger partial charge on any atom is -0.373 e. The summed E-state index contributed by atoms with van der Waals surface area (Å²) in [5.74, 6) is -2.31. The van der Waals surface area contributed by atoms with Gasteiger partial charge >= 0.3 is 0 Å². The van der Waals surface area contributed by atoms with E-state index in [1.807, 2.05) is 11.9 Å². The molecule has 0 aliphatic rings. The van der Waals surface area contributed by atoms with Crippen molar-refractivity contribution in [3.63, 3.8) is 0 Å². The van der Waals surface area contributed by atoms with Gasteiger partial charge in [-0.1, -0.05) is 19.4 Å². The molecule has 0 atom stereocenters. The van der Waals surface area contributed by atoms with Crippen LogP contribution in [0.5, 0.6) is 0 Å². The average Bonchev–Trinajstić information content (AvgIpc) is 2.56. The first-order chi connectivity index (χ1) is 11.0. The number of rotatable bonds is 6. The highest BCUT2D eigenvalue weighted by Crippen LogP contribution is 2.19. The molecule has 0 spiro atoms. The van der Waals surface area contributed by atoms with Crippen LogP contribution in [0.15, 0.2) is 36.5 Å². The quantitative estimate of drug-likeness (QED) is 0.879. The predicted octanol–water partition coefficient (Wildman–Crippen LogP) is 3.85. The first-order valence-electron chi connectivity index (χ1n) is 7.45. The van der Waals surface area contributed by atoms with Gasteiger partial charge in [-0.05, 0) is 30.7 Å². The molecule has 1 aromatic carbocycles. The molecular formula is C17H19F2N3O. The topological polar surface area (TPSA) is 45.2 Å². The molecular weight excluding hydrogens is 300 g/mol. The van der Waals surface area contributed by atoms with Crippen LogP contribution >= 0.6 is 0 Å². The van der Waals surface area contributed by atoms with Crippen LogP contribution in [0.2, 0.25) is 0 Å². The molecule has 0 aliphatic carbocycles. The summed E-state index contributed by atoms with van der Waals surface area (Å²) in [7, 11) is 1.95. The highest BCUT2D eigenvalue weighted by molar-refractivity contribution is 6.03. The van der Waals surface area contributed by atoms with Gasteiger partial charge in [0.1, 0.15) is 23.0 Å². The Balaban J connectivity index is 2.08. The Morgan fingerprint density at radius 1 is 1.22 bits per heavy atom. The summed E-state index contributed by atoms with van der Waals surface area (Å²) in [6.45, 7) is 3.01. The zero-order valence-corrected chi connectivity index (χ0v) is 13.1. The van der Waals surface area contributed by atoms with Crippen LogP contribution in [0.4, 0.5) is 20.2 Å². The molecule has 0 bridgehead atoms. The molecule has 2 rings (SSSR count). The Labute approximate surface area is 134 Å². The fraction of sp³-hybridized carbons (Fsp3) is 0.294. The van der Waals surface area contributed by atoms with Crippen molar-refractivity contribution in [2.24, 2.45) is 0 Å². The van der Waals surface area contributed by atoms with Gasteiger partial charge in [0, 0.05) is 13.6 Å². The molecule has 1 aromatic heterocycles. The lowest BCUT2D eigenvalue weighted by Gasteiger charge is -2.18. The molecule has 1 amide bonds. The molecule has 4 nitrogen and oxygen atoms in total. The molecule has 0 radical (unpaired) electrons. The van der Waals surface area contributed by atoms with Crippen LogP contribution in [-0.2, 0) is 0 Å². The van der Waals surface area contributed by atoms with Crippen molar-refractivity contribution in [1.82, 2.24) is 4.98 Å². The second-order valence-corrected chi connectivity index (χ2v) is 5.23. The minimum absolute atomic E-state index is 0.0975. The van der Waals surface area contributed by atoms with Gasteiger partial charge in [-0.3, -0.25) is 4.79 Å². The average molecular weight is 319 g/mol. The summed E-state index contributed by atoms with van der Waals surface area (Å²) in [5.41, 5.74) is 0.510. The smallest absolute Gasteiger partial charge is 0.274 e. The fourth-order valence-corrected chi connectivity index (χ4v) is 2.07. The number of amides is 1. The Hall–Kier alpha value is -2.50. The number of carbonyl (C=O) groups is 1. The Bertz CT molecular complexity index is 654. The summed E-state index contributed by atoms with van der Waals surface area (Å²) in [5, 5.41) is 2.21. The number of halogens is 2. The number of hydrogen-bond acceptors (Lipinski definition) is 3. The number of carbonyl (C=O) groups excluding carboxylic acids is 1. The molecule has 0 saturated carbocycles. The summed E-state index contributed by atoms with van der Waals surface area (Å²) in [6, 6.07) is 6.69. The van der Waals surface area contributed by atoms with Crippen molar-refractivity contribution in [1.29, 1.82) is 0 Å². The van der Waals surface area contributed by atoms with Crippen molar-refractivity contribution in [3.05, 3.63) is 53.9 Å². The van der Waals surface area contributed by atoms with E-state index in [0.717, 1.165) is 37.2 Å². The maximum atomic E-state index is 13.5. The number of unbranched alkanes of at least 4 members (excludes halogenated alkanes) is 1. The summed E-state index contributed by atoms with van der Waals surface area (Å²) in [6.07, 6.45) is 3.72. The van der Waals surface area contributed by atoms with Crippen molar-refractivity contribution in [3.8, 4) is 0 Å². The second-order valence-electron chi connectivity index (χ2n) is 5.23. The van der Waals surface area contributed by atoms with Crippen LogP contribution in [0.25, 0.3) is 0 Å². The maximum Gasteiger partial charge on any atom is 0.274 e. The van der Waals surface area contributed by atoms with Crippen LogP contribution in [0.3, 0.4) is 0 Å². The van der Waals surface area contributed by atoms with E-state index in [1.165, 1.54) is 12.1 Å². The van der Waals surface area contributed by atoms with Gasteiger partial charge in [0.2, 0.25) is 0 Å². The number of nitrogens with one attached hydrogen (secondary N) is 1. The Morgan fingerprint density at radius 3 is 2.48 bits per heavy atom. The van der Waals surface area contributed by atoms with E-state index < -0.39 is 23.2 Å². The standard InChI is InChI=1S/C17H19F2N3O/c1-3-4-10-22(2)12-8-9-15(20-11-12)17(23)21-16-13(18)6-5-7-14(16)19/h5-9,11H,3-4,10H2,1-2H3,(H,21,23). The highest BCUT2D eigenvalue weighted by atomic mass is 19.1. The van der Waals surface area contributed by atoms with Crippen LogP contribution in [-0.4, -0.2) is 24.5 Å². The van der Waals surface area contributed by atoms with Crippen molar-refractivity contribution in [2.45, 2.75) is 19.8 Å². The highest BCUT2D eigenvalue weighted by Gasteiger charge is 2.14. The van der Waals surface area contributed by atoms with Gasteiger partial charge in [0.05, 0.1) is 11.9 Å². The lowest BCUT2D eigenvalue weighted by atomic mass is 10.2. The SMILES string of the molecule is CCCCN(C)c1ccc(C(=O)Nc2c(F)cccc2F)nc1. The molecule has 1 N–H and O–H groups in total. The molecule has 1 heterocycles. The third-order valence-electron chi connectivity index (χ3n) is 3.47. The summed E-state index contributed by atoms with van der Waals surface area (Å²) < 4.78 is 27.1. The van der Waals surface area contributed by atoms with Crippen LogP contribution in [0.1, 0.15) is 30.3 Å². The van der Waals surface area contributed by atoms with Crippen LogP contribution in [0, 0.1) is 11.6 Å². The largest absolute Gasteiger partial charge is 0.373 e. The molecule has 0 fully saturated rings. The molecule has 23 heavy (non-hydrogen) atoms. The fourth-order valence-electron chi connectivity index (χ4n) is 2.07. The molecule has 2 aromatic rings. The molecule has 6 heteroatoms. The van der Waals surface area contributed by atoms with Gasteiger partial charge < -0.3 is 10.2 Å². The van der Waals surface area contributed by atoms with Gasteiger partial charge in [0.25, 0.3) is 5.91 Å². The third-order valence-corrected chi connectivity index (χ3v) is 3.47. The number of hydrogen-bond donors (Lipinski definition) is 1. The molecule has 0 unspecified atom stereocenters. The molecule has 0 aliphatic heterocycles. The number of para-hydroxylation sites is 1. The van der Waals surface area contributed by atoms with E-state index in [0.29, 0.717) is 0 Å².